The van der Waals surface area contributed by atoms with Crippen LogP contribution in [0.15, 0.2) is 0 Å². The summed E-state index contributed by atoms with van der Waals surface area (Å²) < 4.78 is 62.6. The fourth-order valence-electron chi connectivity index (χ4n) is 1.40. The molecule has 0 fully saturated rings. The number of rotatable bonds is 4. The van der Waals surface area contributed by atoms with Crippen molar-refractivity contribution in [2.75, 3.05) is 13.2 Å². The number of benzene rings is 1. The highest BCUT2D eigenvalue weighted by Crippen LogP contribution is 2.25. The van der Waals surface area contributed by atoms with Gasteiger partial charge in [0.05, 0.1) is 13.2 Å². The summed E-state index contributed by atoms with van der Waals surface area (Å²) in [4.78, 5) is 22.7. The molecular formula is C12H10F4O4. The summed E-state index contributed by atoms with van der Waals surface area (Å²) in [5.74, 6) is -11.2. The van der Waals surface area contributed by atoms with Crippen LogP contribution in [0, 0.1) is 23.3 Å². The van der Waals surface area contributed by atoms with Crippen LogP contribution < -0.4 is 0 Å². The molecule has 0 N–H and O–H groups in total. The van der Waals surface area contributed by atoms with Crippen LogP contribution in [0.2, 0.25) is 0 Å². The summed E-state index contributed by atoms with van der Waals surface area (Å²) >= 11 is 0. The molecule has 0 saturated carbocycles. The van der Waals surface area contributed by atoms with Gasteiger partial charge < -0.3 is 9.47 Å². The van der Waals surface area contributed by atoms with E-state index in [1.165, 1.54) is 13.8 Å². The molecule has 0 amide bonds. The summed E-state index contributed by atoms with van der Waals surface area (Å²) in [7, 11) is 0. The third kappa shape index (κ3) is 2.73. The molecule has 0 heterocycles. The van der Waals surface area contributed by atoms with Gasteiger partial charge in [0.1, 0.15) is 11.1 Å². The lowest BCUT2D eigenvalue weighted by Gasteiger charge is -2.10. The maximum Gasteiger partial charge on any atom is 0.344 e. The second-order valence-corrected chi connectivity index (χ2v) is 3.45. The van der Waals surface area contributed by atoms with Gasteiger partial charge in [0, 0.05) is 0 Å². The molecule has 0 aliphatic heterocycles. The summed E-state index contributed by atoms with van der Waals surface area (Å²) in [5.41, 5.74) is -2.96. The Morgan fingerprint density at radius 1 is 0.750 bits per heavy atom. The maximum absolute atomic E-state index is 13.9. The molecule has 0 aliphatic carbocycles. The van der Waals surface area contributed by atoms with Crippen molar-refractivity contribution >= 4 is 11.9 Å². The number of hydrogen-bond donors (Lipinski definition) is 0. The minimum Gasteiger partial charge on any atom is -0.462 e. The molecule has 0 unspecified atom stereocenters. The fourth-order valence-corrected chi connectivity index (χ4v) is 1.40. The van der Waals surface area contributed by atoms with Crippen LogP contribution in [-0.4, -0.2) is 25.2 Å². The van der Waals surface area contributed by atoms with Gasteiger partial charge in [-0.25, -0.2) is 27.2 Å². The van der Waals surface area contributed by atoms with E-state index >= 15 is 0 Å². The van der Waals surface area contributed by atoms with Crippen molar-refractivity contribution in [3.8, 4) is 0 Å². The van der Waals surface area contributed by atoms with E-state index in [1.807, 2.05) is 0 Å². The molecule has 0 saturated heterocycles. The Kier molecular flexibility index (Phi) is 5.06. The van der Waals surface area contributed by atoms with E-state index in [2.05, 4.69) is 9.47 Å². The Balaban J connectivity index is 3.54. The van der Waals surface area contributed by atoms with Crippen molar-refractivity contribution in [1.82, 2.24) is 0 Å². The predicted octanol–water partition coefficient (Wildman–Crippen LogP) is 2.60. The van der Waals surface area contributed by atoms with E-state index in [0.717, 1.165) is 0 Å². The second-order valence-electron chi connectivity index (χ2n) is 3.45. The molecule has 0 atom stereocenters. The molecule has 8 heteroatoms. The van der Waals surface area contributed by atoms with Gasteiger partial charge in [-0.1, -0.05) is 0 Å². The molecular weight excluding hydrogens is 284 g/mol. The van der Waals surface area contributed by atoms with Crippen LogP contribution in [0.3, 0.4) is 0 Å². The van der Waals surface area contributed by atoms with Gasteiger partial charge in [-0.3, -0.25) is 0 Å². The van der Waals surface area contributed by atoms with E-state index in [1.54, 1.807) is 0 Å². The third-order valence-electron chi connectivity index (χ3n) is 2.22. The van der Waals surface area contributed by atoms with Crippen molar-refractivity contribution in [3.63, 3.8) is 0 Å². The normalized spacial score (nSPS) is 10.3. The molecule has 1 aromatic carbocycles. The van der Waals surface area contributed by atoms with Gasteiger partial charge in [-0.15, -0.1) is 0 Å². The molecule has 20 heavy (non-hydrogen) atoms. The predicted molar refractivity (Wildman–Crippen MR) is 58.2 cm³/mol. The molecule has 1 aromatic rings. The van der Waals surface area contributed by atoms with Crippen LogP contribution in [0.5, 0.6) is 0 Å². The van der Waals surface area contributed by atoms with E-state index in [-0.39, 0.29) is 13.2 Å². The van der Waals surface area contributed by atoms with Crippen LogP contribution in [-0.2, 0) is 9.47 Å². The van der Waals surface area contributed by atoms with Crippen molar-refractivity contribution < 1.29 is 36.6 Å². The zero-order chi connectivity index (χ0) is 15.4. The number of esters is 2. The lowest BCUT2D eigenvalue weighted by molar-refractivity contribution is 0.0503. The zero-order valence-electron chi connectivity index (χ0n) is 10.6. The molecule has 0 aliphatic rings. The average Bonchev–Trinajstić information content (AvgIpc) is 2.37. The number of ether oxygens (including phenoxy) is 2. The highest BCUT2D eigenvalue weighted by Gasteiger charge is 2.33. The monoisotopic (exact) mass is 294 g/mol. The summed E-state index contributed by atoms with van der Waals surface area (Å²) in [6, 6.07) is 0. The standard InChI is InChI=1S/C12H10F4O4/c1-3-19-11(17)5-7(13)6(12(18)20-4-2)9(15)10(16)8(5)14/h3-4H2,1-2H3. The smallest absolute Gasteiger partial charge is 0.344 e. The van der Waals surface area contributed by atoms with E-state index in [9.17, 15) is 27.2 Å². The summed E-state index contributed by atoms with van der Waals surface area (Å²) in [5, 5.41) is 0. The van der Waals surface area contributed by atoms with E-state index < -0.39 is 46.3 Å². The first-order chi connectivity index (χ1) is 9.36. The Morgan fingerprint density at radius 2 is 1.10 bits per heavy atom. The topological polar surface area (TPSA) is 52.6 Å². The molecule has 0 bridgehead atoms. The molecule has 110 valence electrons. The van der Waals surface area contributed by atoms with Crippen LogP contribution in [0.25, 0.3) is 0 Å². The Morgan fingerprint density at radius 3 is 1.40 bits per heavy atom. The lowest BCUT2D eigenvalue weighted by Crippen LogP contribution is -2.19. The van der Waals surface area contributed by atoms with Gasteiger partial charge in [-0.2, -0.15) is 0 Å². The lowest BCUT2D eigenvalue weighted by atomic mass is 10.1. The van der Waals surface area contributed by atoms with Gasteiger partial charge >= 0.3 is 11.9 Å². The highest BCUT2D eigenvalue weighted by atomic mass is 19.2. The summed E-state index contributed by atoms with van der Waals surface area (Å²) in [6.07, 6.45) is 0. The Labute approximate surface area is 111 Å². The minimum atomic E-state index is -2.16. The highest BCUT2D eigenvalue weighted by molar-refractivity contribution is 5.96. The molecule has 4 nitrogen and oxygen atoms in total. The number of carbonyl (C=O) groups excluding carboxylic acids is 2. The largest absolute Gasteiger partial charge is 0.462 e. The van der Waals surface area contributed by atoms with Gasteiger partial charge in [0.15, 0.2) is 23.3 Å². The quantitative estimate of drug-likeness (QED) is 0.371. The minimum absolute atomic E-state index is 0.245. The Hall–Kier alpha value is -2.12. The van der Waals surface area contributed by atoms with Crippen molar-refractivity contribution in [2.45, 2.75) is 13.8 Å². The second kappa shape index (κ2) is 6.36. The molecule has 0 spiro atoms. The summed E-state index contributed by atoms with van der Waals surface area (Å²) in [6.45, 7) is 2.20. The van der Waals surface area contributed by atoms with Crippen molar-refractivity contribution in [3.05, 3.63) is 34.4 Å². The fraction of sp³-hybridized carbons (Fsp3) is 0.333. The number of halogens is 4. The molecule has 1 rings (SSSR count). The zero-order valence-corrected chi connectivity index (χ0v) is 10.6. The molecule has 0 radical (unpaired) electrons. The van der Waals surface area contributed by atoms with Crippen molar-refractivity contribution in [2.24, 2.45) is 0 Å². The third-order valence-corrected chi connectivity index (χ3v) is 2.22. The first kappa shape index (κ1) is 15.9. The molecule has 0 aromatic heterocycles. The number of hydrogen-bond acceptors (Lipinski definition) is 4. The maximum atomic E-state index is 13.9. The van der Waals surface area contributed by atoms with E-state index in [0.29, 0.717) is 0 Å². The number of carbonyl (C=O) groups is 2. The van der Waals surface area contributed by atoms with Crippen LogP contribution >= 0.6 is 0 Å². The van der Waals surface area contributed by atoms with Gasteiger partial charge in [-0.05, 0) is 13.8 Å². The first-order valence-corrected chi connectivity index (χ1v) is 5.56. The SMILES string of the molecule is CCOC(=O)c1c(F)c(F)c(F)c(C(=O)OCC)c1F. The average molecular weight is 294 g/mol. The van der Waals surface area contributed by atoms with Crippen LogP contribution in [0.1, 0.15) is 34.6 Å². The first-order valence-electron chi connectivity index (χ1n) is 5.56. The van der Waals surface area contributed by atoms with E-state index in [4.69, 9.17) is 0 Å². The van der Waals surface area contributed by atoms with Crippen molar-refractivity contribution in [1.29, 1.82) is 0 Å². The van der Waals surface area contributed by atoms with Crippen LogP contribution in [0.4, 0.5) is 17.6 Å². The van der Waals surface area contributed by atoms with Gasteiger partial charge in [0.25, 0.3) is 0 Å². The van der Waals surface area contributed by atoms with Gasteiger partial charge in [0.2, 0.25) is 0 Å². The Bertz CT molecular complexity index is 512.